The summed E-state index contributed by atoms with van der Waals surface area (Å²) in [4.78, 5) is 18.8. The molecule has 0 aliphatic heterocycles. The molecule has 2 aromatic rings. The van der Waals surface area contributed by atoms with E-state index >= 15 is 0 Å². The van der Waals surface area contributed by atoms with E-state index in [1.165, 1.54) is 12.5 Å². The highest BCUT2D eigenvalue weighted by Crippen LogP contribution is 2.23. The molecule has 0 radical (unpaired) electrons. The van der Waals surface area contributed by atoms with Crippen molar-refractivity contribution in [2.24, 2.45) is 0 Å². The molecule has 20 heavy (non-hydrogen) atoms. The van der Waals surface area contributed by atoms with Gasteiger partial charge in [0.2, 0.25) is 0 Å². The Balaban J connectivity index is 2.10. The van der Waals surface area contributed by atoms with Crippen molar-refractivity contribution in [1.82, 2.24) is 15.3 Å². The zero-order chi connectivity index (χ0) is 14.5. The van der Waals surface area contributed by atoms with Crippen LogP contribution in [0.25, 0.3) is 0 Å². The Bertz CT molecular complexity index is 619. The maximum Gasteiger partial charge on any atom is 0.339 e. The van der Waals surface area contributed by atoms with E-state index < -0.39 is 5.97 Å². The summed E-state index contributed by atoms with van der Waals surface area (Å²) in [5.74, 6) is -1.02. The molecule has 0 aliphatic carbocycles. The van der Waals surface area contributed by atoms with Gasteiger partial charge in [0.25, 0.3) is 0 Å². The lowest BCUT2D eigenvalue weighted by molar-refractivity contribution is 0.0694. The summed E-state index contributed by atoms with van der Waals surface area (Å²) < 4.78 is 1.01. The van der Waals surface area contributed by atoms with E-state index in [1.807, 2.05) is 31.2 Å². The number of hydrogen-bond donors (Lipinski definition) is 2. The second kappa shape index (κ2) is 6.58. The summed E-state index contributed by atoms with van der Waals surface area (Å²) in [6.07, 6.45) is 2.67. The number of nitrogens with one attached hydrogen (secondary N) is 1. The number of nitrogens with zero attached hydrogens (tertiary/aromatic N) is 2. The van der Waals surface area contributed by atoms with Crippen molar-refractivity contribution in [3.05, 3.63) is 58.1 Å². The van der Waals surface area contributed by atoms with Gasteiger partial charge in [-0.3, -0.25) is 0 Å². The smallest absolute Gasteiger partial charge is 0.339 e. The first-order chi connectivity index (χ1) is 9.59. The van der Waals surface area contributed by atoms with Crippen LogP contribution in [0.4, 0.5) is 0 Å². The van der Waals surface area contributed by atoms with Gasteiger partial charge < -0.3 is 10.4 Å². The van der Waals surface area contributed by atoms with Crippen molar-refractivity contribution in [2.75, 3.05) is 0 Å². The van der Waals surface area contributed by atoms with Crippen LogP contribution in [0.2, 0.25) is 0 Å². The van der Waals surface area contributed by atoms with Crippen LogP contribution in [-0.2, 0) is 6.54 Å². The molecule has 2 rings (SSSR count). The highest BCUT2D eigenvalue weighted by atomic mass is 79.9. The molecule has 1 heterocycles. The van der Waals surface area contributed by atoms with Crippen molar-refractivity contribution >= 4 is 21.9 Å². The van der Waals surface area contributed by atoms with E-state index in [9.17, 15) is 4.79 Å². The Morgan fingerprint density at radius 1 is 1.45 bits per heavy atom. The molecule has 2 N–H and O–H groups in total. The minimum Gasteiger partial charge on any atom is -0.478 e. The third-order valence-electron chi connectivity index (χ3n) is 2.97. The molecule has 1 atom stereocenters. The zero-order valence-corrected chi connectivity index (χ0v) is 12.5. The largest absolute Gasteiger partial charge is 0.478 e. The fourth-order valence-electron chi connectivity index (χ4n) is 1.86. The molecule has 0 amide bonds. The van der Waals surface area contributed by atoms with Crippen molar-refractivity contribution in [1.29, 1.82) is 0 Å². The fourth-order valence-corrected chi connectivity index (χ4v) is 2.49. The lowest BCUT2D eigenvalue weighted by atomic mass is 10.1. The van der Waals surface area contributed by atoms with Gasteiger partial charge in [0, 0.05) is 23.3 Å². The van der Waals surface area contributed by atoms with E-state index in [2.05, 4.69) is 31.2 Å². The molecule has 0 fully saturated rings. The summed E-state index contributed by atoms with van der Waals surface area (Å²) in [6, 6.07) is 7.97. The normalized spacial score (nSPS) is 12.1. The van der Waals surface area contributed by atoms with Crippen LogP contribution in [0, 0.1) is 0 Å². The summed E-state index contributed by atoms with van der Waals surface area (Å²) in [7, 11) is 0. The number of carbonyl (C=O) groups is 1. The Morgan fingerprint density at radius 2 is 2.20 bits per heavy atom. The summed E-state index contributed by atoms with van der Waals surface area (Å²) in [5, 5.41) is 12.3. The van der Waals surface area contributed by atoms with E-state index in [0.29, 0.717) is 12.2 Å². The van der Waals surface area contributed by atoms with E-state index in [4.69, 9.17) is 5.11 Å². The van der Waals surface area contributed by atoms with Gasteiger partial charge in [-0.15, -0.1) is 0 Å². The Kier molecular flexibility index (Phi) is 4.81. The lowest BCUT2D eigenvalue weighted by Gasteiger charge is -2.16. The predicted molar refractivity (Wildman–Crippen MR) is 78.4 cm³/mol. The number of halogens is 1. The molecule has 0 spiro atoms. The Morgan fingerprint density at radius 3 is 2.90 bits per heavy atom. The molecular formula is C14H14BrN3O2. The third-order valence-corrected chi connectivity index (χ3v) is 3.69. The van der Waals surface area contributed by atoms with Gasteiger partial charge in [-0.2, -0.15) is 0 Å². The Labute approximate surface area is 125 Å². The van der Waals surface area contributed by atoms with E-state index in [0.717, 1.165) is 10.0 Å². The highest BCUT2D eigenvalue weighted by molar-refractivity contribution is 9.10. The van der Waals surface area contributed by atoms with Gasteiger partial charge in [-0.05, 0) is 18.6 Å². The Hall–Kier alpha value is -1.79. The van der Waals surface area contributed by atoms with Crippen molar-refractivity contribution in [3.8, 4) is 0 Å². The van der Waals surface area contributed by atoms with Gasteiger partial charge >= 0.3 is 5.97 Å². The lowest BCUT2D eigenvalue weighted by Crippen LogP contribution is -2.21. The fraction of sp³-hybridized carbons (Fsp3) is 0.214. The summed E-state index contributed by atoms with van der Waals surface area (Å²) >= 11 is 3.50. The monoisotopic (exact) mass is 335 g/mol. The minimum atomic E-state index is -1.02. The van der Waals surface area contributed by atoms with Crippen molar-refractivity contribution in [3.63, 3.8) is 0 Å². The minimum absolute atomic E-state index is 0.0715. The molecule has 5 nitrogen and oxygen atoms in total. The number of rotatable bonds is 5. The predicted octanol–water partition coefficient (Wildman–Crippen LogP) is 2.79. The molecular weight excluding hydrogens is 322 g/mol. The first-order valence-electron chi connectivity index (χ1n) is 6.09. The van der Waals surface area contributed by atoms with E-state index in [1.54, 1.807) is 0 Å². The van der Waals surface area contributed by atoms with E-state index in [-0.39, 0.29) is 11.6 Å². The van der Waals surface area contributed by atoms with Crippen LogP contribution in [-0.4, -0.2) is 21.0 Å². The number of aromatic carboxylic acids is 1. The molecule has 0 aliphatic rings. The summed E-state index contributed by atoms with van der Waals surface area (Å²) in [6.45, 7) is 2.38. The zero-order valence-electron chi connectivity index (χ0n) is 10.9. The topological polar surface area (TPSA) is 75.1 Å². The number of carboxylic acids is 1. The van der Waals surface area contributed by atoms with Crippen LogP contribution in [0.1, 0.15) is 34.6 Å². The third kappa shape index (κ3) is 3.40. The molecule has 0 unspecified atom stereocenters. The highest BCUT2D eigenvalue weighted by Gasteiger charge is 2.13. The van der Waals surface area contributed by atoms with Gasteiger partial charge in [0.15, 0.2) is 0 Å². The molecule has 0 saturated heterocycles. The SMILES string of the molecule is C[C@@H](NCc1ncncc1C(=O)O)c1ccccc1Br. The van der Waals surface area contributed by atoms with Crippen LogP contribution < -0.4 is 5.32 Å². The van der Waals surface area contributed by atoms with Crippen molar-refractivity contribution < 1.29 is 9.90 Å². The van der Waals surface area contributed by atoms with Gasteiger partial charge in [0.1, 0.15) is 11.9 Å². The number of hydrogen-bond acceptors (Lipinski definition) is 4. The van der Waals surface area contributed by atoms with Gasteiger partial charge in [-0.1, -0.05) is 34.1 Å². The molecule has 1 aromatic carbocycles. The second-order valence-electron chi connectivity index (χ2n) is 4.31. The van der Waals surface area contributed by atoms with Crippen LogP contribution >= 0.6 is 15.9 Å². The van der Waals surface area contributed by atoms with Crippen LogP contribution in [0.3, 0.4) is 0 Å². The number of benzene rings is 1. The van der Waals surface area contributed by atoms with Crippen LogP contribution in [0.5, 0.6) is 0 Å². The molecule has 6 heteroatoms. The maximum atomic E-state index is 11.1. The first kappa shape index (κ1) is 14.6. The quantitative estimate of drug-likeness (QED) is 0.878. The average molecular weight is 336 g/mol. The first-order valence-corrected chi connectivity index (χ1v) is 6.89. The van der Waals surface area contributed by atoms with Gasteiger partial charge in [-0.25, -0.2) is 14.8 Å². The van der Waals surface area contributed by atoms with Crippen molar-refractivity contribution in [2.45, 2.75) is 19.5 Å². The van der Waals surface area contributed by atoms with Gasteiger partial charge in [0.05, 0.1) is 5.69 Å². The second-order valence-corrected chi connectivity index (χ2v) is 5.17. The summed E-state index contributed by atoms with van der Waals surface area (Å²) in [5.41, 5.74) is 1.71. The molecule has 0 saturated carbocycles. The molecule has 0 bridgehead atoms. The number of carboxylic acid groups (broad SMARTS) is 1. The molecule has 1 aromatic heterocycles. The molecule has 104 valence electrons. The standard InChI is InChI=1S/C14H14BrN3O2/c1-9(10-4-2-3-5-12(10)15)17-7-13-11(14(19)20)6-16-8-18-13/h2-6,8-9,17H,7H2,1H3,(H,19,20)/t9-/m1/s1. The average Bonchev–Trinajstić information content (AvgIpc) is 2.45. The number of aromatic nitrogens is 2. The van der Waals surface area contributed by atoms with Crippen LogP contribution in [0.15, 0.2) is 41.3 Å². The maximum absolute atomic E-state index is 11.1.